The first-order valence-corrected chi connectivity index (χ1v) is 8.01. The lowest BCUT2D eigenvalue weighted by atomic mass is 9.84. The highest BCUT2D eigenvalue weighted by Crippen LogP contribution is 2.50. The third kappa shape index (κ3) is 2.48. The van der Waals surface area contributed by atoms with Gasteiger partial charge in [-0.25, -0.2) is 0 Å². The molecule has 1 aromatic carbocycles. The topological polar surface area (TPSA) is 57.6 Å². The molecule has 5 heteroatoms. The molecule has 112 valence electrons. The lowest BCUT2D eigenvalue weighted by molar-refractivity contribution is -0.151. The molecule has 1 amide bonds. The van der Waals surface area contributed by atoms with E-state index in [9.17, 15) is 9.59 Å². The van der Waals surface area contributed by atoms with Crippen LogP contribution < -0.4 is 0 Å². The van der Waals surface area contributed by atoms with Crippen LogP contribution in [0.4, 0.5) is 0 Å². The van der Waals surface area contributed by atoms with E-state index in [2.05, 4.69) is 15.9 Å². The fourth-order valence-electron chi connectivity index (χ4n) is 3.02. The standard InChI is InChI=1S/C16H18BrNO3/c1-10(14(19)20)11-8-18(9-11)15(21)16(6-7-16)12-2-4-13(17)5-3-12/h2-5,10-11H,6-9H2,1H3,(H,19,20). The molecule has 0 spiro atoms. The van der Waals surface area contributed by atoms with Gasteiger partial charge in [-0.1, -0.05) is 35.0 Å². The monoisotopic (exact) mass is 351 g/mol. The quantitative estimate of drug-likeness (QED) is 0.907. The van der Waals surface area contributed by atoms with Gasteiger partial charge in [0, 0.05) is 23.5 Å². The minimum Gasteiger partial charge on any atom is -0.481 e. The number of carbonyl (C=O) groups excluding carboxylic acids is 1. The molecule has 1 heterocycles. The molecule has 1 aromatic rings. The fraction of sp³-hybridized carbons (Fsp3) is 0.500. The molecule has 1 N–H and O–H groups in total. The Labute approximate surface area is 132 Å². The van der Waals surface area contributed by atoms with Crippen molar-refractivity contribution in [2.24, 2.45) is 11.8 Å². The summed E-state index contributed by atoms with van der Waals surface area (Å²) in [5, 5.41) is 9.01. The number of aliphatic carboxylic acids is 1. The first-order valence-electron chi connectivity index (χ1n) is 7.22. The average Bonchev–Trinajstić information content (AvgIpc) is 3.19. The molecule has 1 saturated heterocycles. The maximum absolute atomic E-state index is 12.7. The summed E-state index contributed by atoms with van der Waals surface area (Å²) in [5.41, 5.74) is 0.725. The summed E-state index contributed by atoms with van der Waals surface area (Å²) in [7, 11) is 0. The number of hydrogen-bond donors (Lipinski definition) is 1. The Balaban J connectivity index is 1.67. The molecule has 1 aliphatic heterocycles. The van der Waals surface area contributed by atoms with Crippen LogP contribution >= 0.6 is 15.9 Å². The summed E-state index contributed by atoms with van der Waals surface area (Å²) in [6, 6.07) is 7.94. The zero-order valence-electron chi connectivity index (χ0n) is 11.9. The second-order valence-electron chi connectivity index (χ2n) is 6.19. The normalized spacial score (nSPS) is 21.5. The van der Waals surface area contributed by atoms with Crippen LogP contribution in [0.5, 0.6) is 0 Å². The van der Waals surface area contributed by atoms with Gasteiger partial charge in [-0.05, 0) is 30.5 Å². The van der Waals surface area contributed by atoms with Gasteiger partial charge in [0.2, 0.25) is 5.91 Å². The number of likely N-dealkylation sites (tertiary alicyclic amines) is 1. The molecular formula is C16H18BrNO3. The van der Waals surface area contributed by atoms with E-state index in [1.165, 1.54) is 0 Å². The molecule has 4 nitrogen and oxygen atoms in total. The van der Waals surface area contributed by atoms with Gasteiger partial charge < -0.3 is 10.0 Å². The molecular weight excluding hydrogens is 334 g/mol. The molecule has 21 heavy (non-hydrogen) atoms. The van der Waals surface area contributed by atoms with Gasteiger partial charge in [-0.3, -0.25) is 9.59 Å². The Hall–Kier alpha value is -1.36. The Morgan fingerprint density at radius 3 is 2.33 bits per heavy atom. The SMILES string of the molecule is CC(C(=O)O)C1CN(C(=O)C2(c3ccc(Br)cc3)CC2)C1. The van der Waals surface area contributed by atoms with Crippen molar-refractivity contribution in [2.45, 2.75) is 25.2 Å². The maximum atomic E-state index is 12.7. The number of carbonyl (C=O) groups is 2. The predicted octanol–water partition coefficient (Wildman–Crippen LogP) is 2.66. The van der Waals surface area contributed by atoms with Crippen LogP contribution in [0, 0.1) is 11.8 Å². The minimum atomic E-state index is -0.777. The minimum absolute atomic E-state index is 0.0900. The lowest BCUT2D eigenvalue weighted by Crippen LogP contribution is -2.56. The second-order valence-corrected chi connectivity index (χ2v) is 7.10. The van der Waals surface area contributed by atoms with Crippen molar-refractivity contribution in [2.75, 3.05) is 13.1 Å². The van der Waals surface area contributed by atoms with Crippen molar-refractivity contribution >= 4 is 27.8 Å². The lowest BCUT2D eigenvalue weighted by Gasteiger charge is -2.43. The van der Waals surface area contributed by atoms with Gasteiger partial charge in [0.15, 0.2) is 0 Å². The third-order valence-electron chi connectivity index (χ3n) is 4.85. The highest BCUT2D eigenvalue weighted by Gasteiger charge is 2.55. The number of carboxylic acids is 1. The Morgan fingerprint density at radius 2 is 1.86 bits per heavy atom. The Morgan fingerprint density at radius 1 is 1.29 bits per heavy atom. The molecule has 1 aliphatic carbocycles. The van der Waals surface area contributed by atoms with E-state index in [0.29, 0.717) is 13.1 Å². The molecule has 0 aromatic heterocycles. The van der Waals surface area contributed by atoms with E-state index >= 15 is 0 Å². The zero-order valence-corrected chi connectivity index (χ0v) is 13.5. The summed E-state index contributed by atoms with van der Waals surface area (Å²) >= 11 is 3.41. The smallest absolute Gasteiger partial charge is 0.306 e. The van der Waals surface area contributed by atoms with Gasteiger partial charge in [-0.2, -0.15) is 0 Å². The number of nitrogens with zero attached hydrogens (tertiary/aromatic N) is 1. The summed E-state index contributed by atoms with van der Waals surface area (Å²) in [6.07, 6.45) is 1.78. The van der Waals surface area contributed by atoms with Crippen LogP contribution in [0.1, 0.15) is 25.3 Å². The number of hydrogen-bond acceptors (Lipinski definition) is 2. The highest BCUT2D eigenvalue weighted by molar-refractivity contribution is 9.10. The van der Waals surface area contributed by atoms with Crippen molar-refractivity contribution in [1.82, 2.24) is 4.90 Å². The van der Waals surface area contributed by atoms with Crippen LogP contribution in [-0.4, -0.2) is 35.0 Å². The van der Waals surface area contributed by atoms with E-state index in [-0.39, 0.29) is 23.2 Å². The van der Waals surface area contributed by atoms with Crippen molar-refractivity contribution < 1.29 is 14.7 Å². The molecule has 0 radical (unpaired) electrons. The summed E-state index contributed by atoms with van der Waals surface area (Å²) < 4.78 is 1.01. The molecule has 2 fully saturated rings. The van der Waals surface area contributed by atoms with Gasteiger partial charge >= 0.3 is 5.97 Å². The van der Waals surface area contributed by atoms with E-state index in [1.807, 2.05) is 29.2 Å². The first-order chi connectivity index (χ1) is 9.94. The molecule has 1 unspecified atom stereocenters. The van der Waals surface area contributed by atoms with Crippen LogP contribution in [0.25, 0.3) is 0 Å². The predicted molar refractivity (Wildman–Crippen MR) is 81.9 cm³/mol. The Kier molecular flexibility index (Phi) is 3.56. The number of rotatable bonds is 4. The number of halogens is 1. The fourth-order valence-corrected chi connectivity index (χ4v) is 3.28. The third-order valence-corrected chi connectivity index (χ3v) is 5.38. The molecule has 1 atom stereocenters. The average molecular weight is 352 g/mol. The van der Waals surface area contributed by atoms with Crippen molar-refractivity contribution in [1.29, 1.82) is 0 Å². The second kappa shape index (κ2) is 5.13. The van der Waals surface area contributed by atoms with Gasteiger partial charge in [0.1, 0.15) is 0 Å². The van der Waals surface area contributed by atoms with Gasteiger partial charge in [0.25, 0.3) is 0 Å². The van der Waals surface area contributed by atoms with Crippen molar-refractivity contribution in [3.8, 4) is 0 Å². The van der Waals surface area contributed by atoms with Crippen LogP contribution in [0.2, 0.25) is 0 Å². The molecule has 3 rings (SSSR count). The van der Waals surface area contributed by atoms with Crippen molar-refractivity contribution in [3.05, 3.63) is 34.3 Å². The highest BCUT2D eigenvalue weighted by atomic mass is 79.9. The van der Waals surface area contributed by atoms with E-state index in [0.717, 1.165) is 22.9 Å². The van der Waals surface area contributed by atoms with Crippen molar-refractivity contribution in [3.63, 3.8) is 0 Å². The van der Waals surface area contributed by atoms with Crippen LogP contribution in [-0.2, 0) is 15.0 Å². The molecule has 1 saturated carbocycles. The summed E-state index contributed by atoms with van der Waals surface area (Å²) in [4.78, 5) is 25.5. The molecule has 0 bridgehead atoms. The summed E-state index contributed by atoms with van der Waals surface area (Å²) in [5.74, 6) is -0.899. The maximum Gasteiger partial charge on any atom is 0.306 e. The van der Waals surface area contributed by atoms with E-state index < -0.39 is 5.97 Å². The Bertz CT molecular complexity index is 574. The number of amides is 1. The summed E-state index contributed by atoms with van der Waals surface area (Å²) in [6.45, 7) is 2.87. The largest absolute Gasteiger partial charge is 0.481 e. The molecule has 2 aliphatic rings. The van der Waals surface area contributed by atoms with Crippen LogP contribution in [0.3, 0.4) is 0 Å². The first kappa shape index (κ1) is 14.6. The number of benzene rings is 1. The zero-order chi connectivity index (χ0) is 15.2. The van der Waals surface area contributed by atoms with E-state index in [4.69, 9.17) is 5.11 Å². The van der Waals surface area contributed by atoms with Crippen LogP contribution in [0.15, 0.2) is 28.7 Å². The van der Waals surface area contributed by atoms with E-state index in [1.54, 1.807) is 6.92 Å². The van der Waals surface area contributed by atoms with Gasteiger partial charge in [-0.15, -0.1) is 0 Å². The number of carboxylic acid groups (broad SMARTS) is 1. The van der Waals surface area contributed by atoms with Gasteiger partial charge in [0.05, 0.1) is 11.3 Å².